The Morgan fingerprint density at radius 2 is 1.91 bits per heavy atom. The summed E-state index contributed by atoms with van der Waals surface area (Å²) in [6.07, 6.45) is 2.00. The lowest BCUT2D eigenvalue weighted by Crippen LogP contribution is -2.28. The highest BCUT2D eigenvalue weighted by molar-refractivity contribution is 7.17. The largest absolute Gasteiger partial charge is 0.372 e. The Labute approximate surface area is 221 Å². The van der Waals surface area contributed by atoms with Gasteiger partial charge in [-0.05, 0) is 48.9 Å². The fourth-order valence-corrected chi connectivity index (χ4v) is 5.55. The van der Waals surface area contributed by atoms with Gasteiger partial charge in [-0.25, -0.2) is 4.68 Å². The first kappa shape index (κ1) is 24.1. The molecule has 0 aliphatic carbocycles. The highest BCUT2D eigenvalue weighted by Crippen LogP contribution is 2.36. The Kier molecular flexibility index (Phi) is 7.00. The topological polar surface area (TPSA) is 56.2 Å². The minimum absolute atomic E-state index is 0.198. The number of nitrogens with zero attached hydrogens (tertiary/aromatic N) is 2. The molecule has 35 heavy (non-hydrogen) atoms. The molecule has 9 heteroatoms. The van der Waals surface area contributed by atoms with Crippen molar-refractivity contribution in [3.8, 4) is 5.69 Å². The lowest BCUT2D eigenvalue weighted by Gasteiger charge is -2.19. The Morgan fingerprint density at radius 3 is 2.63 bits per heavy atom. The monoisotopic (exact) mass is 543 g/mol. The lowest BCUT2D eigenvalue weighted by atomic mass is 10.0. The van der Waals surface area contributed by atoms with Gasteiger partial charge in [0, 0.05) is 21.0 Å². The fraction of sp³-hybridized carbons (Fsp3) is 0.154. The number of ether oxygens (including phenoxy) is 1. The Balaban J connectivity index is 1.61. The van der Waals surface area contributed by atoms with Gasteiger partial charge in [-0.15, -0.1) is 11.3 Å². The van der Waals surface area contributed by atoms with Crippen LogP contribution in [0.5, 0.6) is 0 Å². The summed E-state index contributed by atoms with van der Waals surface area (Å²) in [4.78, 5) is 14.4. The van der Waals surface area contributed by atoms with Gasteiger partial charge in [-0.1, -0.05) is 65.1 Å². The van der Waals surface area contributed by atoms with Crippen molar-refractivity contribution >= 4 is 63.7 Å². The Bertz CT molecular complexity index is 1430. The smallest absolute Gasteiger partial charge is 0.272 e. The van der Waals surface area contributed by atoms with E-state index in [-0.39, 0.29) is 18.6 Å². The summed E-state index contributed by atoms with van der Waals surface area (Å²) in [6.45, 7) is 2.56. The summed E-state index contributed by atoms with van der Waals surface area (Å²) < 4.78 is 8.28. The molecule has 2 aromatic carbocycles. The van der Waals surface area contributed by atoms with E-state index in [1.165, 1.54) is 11.3 Å². The number of nitrogens with one attached hydrogen (secondary N) is 1. The van der Waals surface area contributed by atoms with E-state index < -0.39 is 0 Å². The standard InChI is InChI=1S/C26H20Cl3N3O2S/c1-15(16-5-3-2-4-6-16)30-26(33)24-20-14-34-13-17(11-19-8-10-23(29)35-19)25(20)32(31-24)22-9-7-18(27)12-21(22)28/h2-12,15H,13-14H2,1H3,(H,30,33)/b17-11+/t15-/m1/s1. The molecule has 0 spiro atoms. The third-order valence-corrected chi connectivity index (χ3v) is 7.42. The predicted octanol–water partition coefficient (Wildman–Crippen LogP) is 7.46. The van der Waals surface area contributed by atoms with Crippen LogP contribution in [0.25, 0.3) is 17.3 Å². The molecule has 1 aliphatic rings. The summed E-state index contributed by atoms with van der Waals surface area (Å²) in [7, 11) is 0. The Hall–Kier alpha value is -2.61. The van der Waals surface area contributed by atoms with Crippen molar-refractivity contribution in [1.82, 2.24) is 15.1 Å². The maximum Gasteiger partial charge on any atom is 0.272 e. The Morgan fingerprint density at radius 1 is 1.11 bits per heavy atom. The van der Waals surface area contributed by atoms with Crippen LogP contribution >= 0.6 is 46.1 Å². The molecule has 3 heterocycles. The molecule has 178 valence electrons. The summed E-state index contributed by atoms with van der Waals surface area (Å²) in [5.41, 5.74) is 4.28. The van der Waals surface area contributed by atoms with Gasteiger partial charge in [0.05, 0.1) is 40.0 Å². The van der Waals surface area contributed by atoms with Gasteiger partial charge in [-0.3, -0.25) is 4.79 Å². The molecule has 0 saturated heterocycles. The molecule has 1 aliphatic heterocycles. The number of benzene rings is 2. The number of halogens is 3. The van der Waals surface area contributed by atoms with Crippen molar-refractivity contribution < 1.29 is 9.53 Å². The van der Waals surface area contributed by atoms with Crippen LogP contribution in [0.4, 0.5) is 0 Å². The van der Waals surface area contributed by atoms with Crippen LogP contribution in [0.3, 0.4) is 0 Å². The van der Waals surface area contributed by atoms with Crippen molar-refractivity contribution in [2.75, 3.05) is 6.61 Å². The van der Waals surface area contributed by atoms with Crippen molar-refractivity contribution in [2.45, 2.75) is 19.6 Å². The zero-order valence-corrected chi connectivity index (χ0v) is 21.7. The van der Waals surface area contributed by atoms with Crippen LogP contribution in [0, 0.1) is 0 Å². The van der Waals surface area contributed by atoms with Gasteiger partial charge in [-0.2, -0.15) is 5.10 Å². The molecule has 0 saturated carbocycles. The number of carbonyl (C=O) groups excluding carboxylic acids is 1. The number of amides is 1. The van der Waals surface area contributed by atoms with Crippen LogP contribution in [0.2, 0.25) is 14.4 Å². The van der Waals surface area contributed by atoms with Crippen LogP contribution in [0.15, 0.2) is 60.7 Å². The number of carbonyl (C=O) groups is 1. The van der Waals surface area contributed by atoms with E-state index >= 15 is 0 Å². The van der Waals surface area contributed by atoms with Crippen molar-refractivity contribution in [1.29, 1.82) is 0 Å². The second-order valence-corrected chi connectivity index (χ2v) is 10.7. The van der Waals surface area contributed by atoms with E-state index in [4.69, 9.17) is 44.6 Å². The molecule has 0 bridgehead atoms. The first-order valence-electron chi connectivity index (χ1n) is 10.9. The molecule has 1 N–H and O–H groups in total. The molecular weight excluding hydrogens is 525 g/mol. The average molecular weight is 545 g/mol. The normalized spacial score (nSPS) is 15.1. The molecule has 5 nitrogen and oxygen atoms in total. The summed E-state index contributed by atoms with van der Waals surface area (Å²) >= 11 is 20.3. The lowest BCUT2D eigenvalue weighted by molar-refractivity contribution is 0.0926. The molecule has 0 unspecified atom stereocenters. The fourth-order valence-electron chi connectivity index (χ4n) is 4.04. The second-order valence-electron chi connectivity index (χ2n) is 8.09. The van der Waals surface area contributed by atoms with E-state index in [0.29, 0.717) is 37.9 Å². The average Bonchev–Trinajstić information content (AvgIpc) is 3.43. The molecule has 0 radical (unpaired) electrons. The zero-order chi connectivity index (χ0) is 24.5. The minimum atomic E-state index is -0.287. The molecule has 5 rings (SSSR count). The first-order chi connectivity index (χ1) is 16.9. The van der Waals surface area contributed by atoms with Gasteiger partial charge in [0.15, 0.2) is 5.69 Å². The predicted molar refractivity (Wildman–Crippen MR) is 143 cm³/mol. The summed E-state index contributed by atoms with van der Waals surface area (Å²) in [5, 5.41) is 8.73. The number of rotatable bonds is 5. The van der Waals surface area contributed by atoms with Crippen LogP contribution in [-0.2, 0) is 11.3 Å². The minimum Gasteiger partial charge on any atom is -0.372 e. The number of hydrogen-bond donors (Lipinski definition) is 1. The zero-order valence-electron chi connectivity index (χ0n) is 18.6. The number of thiophene rings is 1. The van der Waals surface area contributed by atoms with E-state index in [1.54, 1.807) is 22.9 Å². The van der Waals surface area contributed by atoms with Crippen molar-refractivity contribution in [2.24, 2.45) is 0 Å². The van der Waals surface area contributed by atoms with E-state index in [2.05, 4.69) is 5.32 Å². The maximum absolute atomic E-state index is 13.4. The van der Waals surface area contributed by atoms with Gasteiger partial charge in [0.1, 0.15) is 0 Å². The van der Waals surface area contributed by atoms with Gasteiger partial charge >= 0.3 is 0 Å². The number of hydrogen-bond acceptors (Lipinski definition) is 4. The molecule has 0 fully saturated rings. The quantitative estimate of drug-likeness (QED) is 0.284. The SMILES string of the molecule is C[C@@H](NC(=O)c1nn(-c2ccc(Cl)cc2Cl)c2c1COC/C2=C\c1ccc(Cl)s1)c1ccccc1. The van der Waals surface area contributed by atoms with Gasteiger partial charge in [0.25, 0.3) is 5.91 Å². The molecule has 4 aromatic rings. The molecule has 2 aromatic heterocycles. The van der Waals surface area contributed by atoms with Crippen LogP contribution in [-0.4, -0.2) is 22.3 Å². The maximum atomic E-state index is 13.4. The van der Waals surface area contributed by atoms with Gasteiger partial charge < -0.3 is 10.1 Å². The van der Waals surface area contributed by atoms with Gasteiger partial charge in [0.2, 0.25) is 0 Å². The summed E-state index contributed by atoms with van der Waals surface area (Å²) in [6, 6.07) is 18.6. The number of aromatic nitrogens is 2. The van der Waals surface area contributed by atoms with E-state index in [1.807, 2.05) is 55.5 Å². The number of fused-ring (bicyclic) bond motifs is 1. The van der Waals surface area contributed by atoms with Crippen molar-refractivity contribution in [3.05, 3.63) is 102 Å². The van der Waals surface area contributed by atoms with E-state index in [9.17, 15) is 4.79 Å². The molecular formula is C26H20Cl3N3O2S. The van der Waals surface area contributed by atoms with E-state index in [0.717, 1.165) is 21.7 Å². The molecule has 1 atom stereocenters. The van der Waals surface area contributed by atoms with Crippen LogP contribution in [0.1, 0.15) is 45.2 Å². The molecule has 1 amide bonds. The third kappa shape index (κ3) is 5.03. The van der Waals surface area contributed by atoms with Crippen LogP contribution < -0.4 is 5.32 Å². The highest BCUT2D eigenvalue weighted by Gasteiger charge is 2.30. The second kappa shape index (κ2) is 10.2. The van der Waals surface area contributed by atoms with Crippen molar-refractivity contribution in [3.63, 3.8) is 0 Å². The highest BCUT2D eigenvalue weighted by atomic mass is 35.5. The first-order valence-corrected chi connectivity index (χ1v) is 12.8. The third-order valence-electron chi connectivity index (χ3n) is 5.70. The summed E-state index contributed by atoms with van der Waals surface area (Å²) in [5.74, 6) is -0.287.